The topological polar surface area (TPSA) is 69.1 Å². The Morgan fingerprint density at radius 2 is 1.89 bits per heavy atom. The Kier molecular flexibility index (Phi) is 3.46. The molecule has 2 aromatic carbocycles. The Morgan fingerprint density at radius 3 is 2.58 bits per heavy atom. The summed E-state index contributed by atoms with van der Waals surface area (Å²) < 4.78 is 26.7. The normalized spacial score (nSPS) is 10.4. The van der Waals surface area contributed by atoms with Gasteiger partial charge in [0.05, 0.1) is 0 Å². The first-order valence-electron chi connectivity index (χ1n) is 5.60. The molecule has 0 aliphatic carbocycles. The van der Waals surface area contributed by atoms with Crippen LogP contribution in [0.15, 0.2) is 36.4 Å². The molecule has 0 aliphatic rings. The van der Waals surface area contributed by atoms with Gasteiger partial charge < -0.3 is 11.5 Å². The number of carbonyl (C=O) groups is 1. The number of hydrogen-bond donors (Lipinski definition) is 2. The lowest BCUT2D eigenvalue weighted by molar-refractivity contribution is 0.0999. The third-order valence-corrected chi connectivity index (χ3v) is 2.85. The second-order valence-electron chi connectivity index (χ2n) is 4.15. The molecule has 0 radical (unpaired) electrons. The van der Waals surface area contributed by atoms with Crippen LogP contribution in [-0.2, 0) is 6.42 Å². The predicted octanol–water partition coefficient (Wildman–Crippen LogP) is 2.24. The van der Waals surface area contributed by atoms with E-state index >= 15 is 0 Å². The number of primary amides is 1. The zero-order chi connectivity index (χ0) is 14.0. The average Bonchev–Trinajstić information content (AvgIpc) is 2.35. The van der Waals surface area contributed by atoms with Crippen molar-refractivity contribution in [2.75, 3.05) is 5.73 Å². The van der Waals surface area contributed by atoms with Crippen LogP contribution in [0, 0.1) is 11.6 Å². The molecule has 0 saturated carbocycles. The van der Waals surface area contributed by atoms with Crippen molar-refractivity contribution < 1.29 is 13.6 Å². The molecule has 0 aromatic heterocycles. The predicted molar refractivity (Wildman–Crippen MR) is 68.5 cm³/mol. The molecule has 3 nitrogen and oxygen atoms in total. The van der Waals surface area contributed by atoms with Crippen molar-refractivity contribution in [2.24, 2.45) is 5.73 Å². The summed E-state index contributed by atoms with van der Waals surface area (Å²) in [6.07, 6.45) is 0.00847. The van der Waals surface area contributed by atoms with E-state index in [-0.39, 0.29) is 17.5 Å². The van der Waals surface area contributed by atoms with Crippen LogP contribution in [0.3, 0.4) is 0 Å². The zero-order valence-electron chi connectivity index (χ0n) is 9.99. The molecule has 1 amide bonds. The van der Waals surface area contributed by atoms with E-state index in [4.69, 9.17) is 11.5 Å². The second kappa shape index (κ2) is 5.06. The van der Waals surface area contributed by atoms with Crippen molar-refractivity contribution in [1.82, 2.24) is 0 Å². The Morgan fingerprint density at radius 1 is 1.16 bits per heavy atom. The highest BCUT2D eigenvalue weighted by atomic mass is 19.1. The summed E-state index contributed by atoms with van der Waals surface area (Å²) in [6.45, 7) is 0. The Balaban J connectivity index is 2.49. The third kappa shape index (κ3) is 2.70. The maximum absolute atomic E-state index is 13.6. The van der Waals surface area contributed by atoms with E-state index in [1.54, 1.807) is 12.1 Å². The molecule has 0 fully saturated rings. The van der Waals surface area contributed by atoms with E-state index in [9.17, 15) is 13.6 Å². The summed E-state index contributed by atoms with van der Waals surface area (Å²) in [4.78, 5) is 11.3. The molecule has 5 heteroatoms. The molecule has 0 spiro atoms. The maximum atomic E-state index is 13.6. The molecule has 19 heavy (non-hydrogen) atoms. The van der Waals surface area contributed by atoms with Crippen molar-refractivity contribution >= 4 is 11.6 Å². The van der Waals surface area contributed by atoms with Crippen LogP contribution in [0.1, 0.15) is 21.5 Å². The largest absolute Gasteiger partial charge is 0.398 e. The fourth-order valence-corrected chi connectivity index (χ4v) is 1.90. The van der Waals surface area contributed by atoms with Crippen LogP contribution in [0.2, 0.25) is 0 Å². The molecule has 0 unspecified atom stereocenters. The van der Waals surface area contributed by atoms with E-state index in [0.29, 0.717) is 11.3 Å². The minimum Gasteiger partial charge on any atom is -0.398 e. The van der Waals surface area contributed by atoms with Crippen LogP contribution in [-0.4, -0.2) is 5.91 Å². The van der Waals surface area contributed by atoms with E-state index in [1.807, 2.05) is 0 Å². The molecule has 0 aliphatic heterocycles. The smallest absolute Gasteiger partial charge is 0.249 e. The van der Waals surface area contributed by atoms with Gasteiger partial charge in [-0.3, -0.25) is 4.79 Å². The van der Waals surface area contributed by atoms with Gasteiger partial charge in [-0.1, -0.05) is 6.07 Å². The fraction of sp³-hybridized carbons (Fsp3) is 0.0714. The van der Waals surface area contributed by atoms with Gasteiger partial charge in [0, 0.05) is 17.7 Å². The number of amides is 1. The van der Waals surface area contributed by atoms with Gasteiger partial charge >= 0.3 is 0 Å². The first-order chi connectivity index (χ1) is 8.99. The average molecular weight is 262 g/mol. The number of nitrogen functional groups attached to an aromatic ring is 1. The Hall–Kier alpha value is -2.43. The molecule has 98 valence electrons. The highest BCUT2D eigenvalue weighted by Gasteiger charge is 2.14. The van der Waals surface area contributed by atoms with Gasteiger partial charge in [-0.15, -0.1) is 0 Å². The SMILES string of the molecule is NC(=O)c1cccc(N)c1Cc1cc(F)ccc1F. The number of nitrogens with two attached hydrogens (primary N) is 2. The van der Waals surface area contributed by atoms with Gasteiger partial charge in [0.25, 0.3) is 0 Å². The zero-order valence-corrected chi connectivity index (χ0v) is 9.99. The number of anilines is 1. The molecular weight excluding hydrogens is 250 g/mol. The first-order valence-corrected chi connectivity index (χ1v) is 5.60. The fourth-order valence-electron chi connectivity index (χ4n) is 1.90. The van der Waals surface area contributed by atoms with E-state index < -0.39 is 17.5 Å². The van der Waals surface area contributed by atoms with Crippen LogP contribution in [0.25, 0.3) is 0 Å². The van der Waals surface area contributed by atoms with Crippen LogP contribution in [0.5, 0.6) is 0 Å². The summed E-state index contributed by atoms with van der Waals surface area (Å²) >= 11 is 0. The quantitative estimate of drug-likeness (QED) is 0.833. The number of carbonyl (C=O) groups excluding carboxylic acids is 1. The minimum absolute atomic E-state index is 0.00847. The van der Waals surface area contributed by atoms with E-state index in [0.717, 1.165) is 18.2 Å². The van der Waals surface area contributed by atoms with Gasteiger partial charge in [-0.05, 0) is 41.5 Å². The molecule has 2 rings (SSSR count). The highest BCUT2D eigenvalue weighted by molar-refractivity contribution is 5.95. The third-order valence-electron chi connectivity index (χ3n) is 2.85. The van der Waals surface area contributed by atoms with Crippen molar-refractivity contribution in [3.8, 4) is 0 Å². The number of hydrogen-bond acceptors (Lipinski definition) is 2. The summed E-state index contributed by atoms with van der Waals surface area (Å²) in [5.41, 5.74) is 12.1. The number of halogens is 2. The van der Waals surface area contributed by atoms with Gasteiger partial charge in [0.15, 0.2) is 0 Å². The van der Waals surface area contributed by atoms with Crippen molar-refractivity contribution in [3.63, 3.8) is 0 Å². The number of benzene rings is 2. The Bertz CT molecular complexity index is 641. The lowest BCUT2D eigenvalue weighted by Gasteiger charge is -2.11. The summed E-state index contributed by atoms with van der Waals surface area (Å²) in [5, 5.41) is 0. The van der Waals surface area contributed by atoms with Crippen molar-refractivity contribution in [1.29, 1.82) is 0 Å². The molecule has 0 heterocycles. The van der Waals surface area contributed by atoms with E-state index in [1.165, 1.54) is 6.07 Å². The Labute approximate surface area is 108 Å². The lowest BCUT2D eigenvalue weighted by Crippen LogP contribution is -2.15. The molecule has 4 N–H and O–H groups in total. The second-order valence-corrected chi connectivity index (χ2v) is 4.15. The van der Waals surface area contributed by atoms with Gasteiger partial charge in [-0.25, -0.2) is 8.78 Å². The molecule has 0 saturated heterocycles. The molecule has 0 atom stereocenters. The maximum Gasteiger partial charge on any atom is 0.249 e. The van der Waals surface area contributed by atoms with Crippen LogP contribution in [0.4, 0.5) is 14.5 Å². The lowest BCUT2D eigenvalue weighted by atomic mass is 9.97. The standard InChI is InChI=1S/C14H12F2N2O/c15-9-4-5-12(16)8(6-9)7-11-10(14(18)19)2-1-3-13(11)17/h1-6H,7,17H2,(H2,18,19). The molecule has 0 bridgehead atoms. The van der Waals surface area contributed by atoms with Gasteiger partial charge in [0.2, 0.25) is 5.91 Å². The van der Waals surface area contributed by atoms with E-state index in [2.05, 4.69) is 0 Å². The number of rotatable bonds is 3. The monoisotopic (exact) mass is 262 g/mol. The first kappa shape index (κ1) is 13.0. The van der Waals surface area contributed by atoms with Crippen molar-refractivity contribution in [2.45, 2.75) is 6.42 Å². The van der Waals surface area contributed by atoms with Crippen LogP contribution >= 0.6 is 0 Å². The minimum atomic E-state index is -0.654. The molecular formula is C14H12F2N2O. The summed E-state index contributed by atoms with van der Waals surface area (Å²) in [7, 11) is 0. The van der Waals surface area contributed by atoms with Gasteiger partial charge in [-0.2, -0.15) is 0 Å². The highest BCUT2D eigenvalue weighted by Crippen LogP contribution is 2.22. The summed E-state index contributed by atoms with van der Waals surface area (Å²) in [6, 6.07) is 7.81. The van der Waals surface area contributed by atoms with Gasteiger partial charge in [0.1, 0.15) is 11.6 Å². The van der Waals surface area contributed by atoms with Crippen molar-refractivity contribution in [3.05, 3.63) is 64.7 Å². The summed E-state index contributed by atoms with van der Waals surface area (Å²) in [5.74, 6) is -1.76. The van der Waals surface area contributed by atoms with Crippen LogP contribution < -0.4 is 11.5 Å². The molecule has 2 aromatic rings.